The highest BCUT2D eigenvalue weighted by Gasteiger charge is 2.27. The lowest BCUT2D eigenvalue weighted by Gasteiger charge is -2.31. The van der Waals surface area contributed by atoms with E-state index >= 15 is 0 Å². The number of piperidine rings is 1. The molecule has 0 saturated carbocycles. The lowest BCUT2D eigenvalue weighted by atomic mass is 9.98. The molecule has 1 atom stereocenters. The predicted octanol–water partition coefficient (Wildman–Crippen LogP) is 2.71. The molecule has 134 valence electrons. The Hall–Kier alpha value is -3.09. The molecule has 0 spiro atoms. The zero-order chi connectivity index (χ0) is 18.1. The van der Waals surface area contributed by atoms with Gasteiger partial charge in [0.25, 0.3) is 0 Å². The number of carboxylic acids is 1. The number of nitrogens with zero attached hydrogens (tertiary/aromatic N) is 4. The molecule has 0 radical (unpaired) electrons. The van der Waals surface area contributed by atoms with E-state index in [0.717, 1.165) is 41.3 Å². The van der Waals surface area contributed by atoms with Crippen molar-refractivity contribution in [3.05, 3.63) is 42.7 Å². The average molecular weight is 352 g/mol. The normalized spacial score (nSPS) is 17.4. The first-order valence-corrected chi connectivity index (χ1v) is 8.63. The third-order valence-electron chi connectivity index (χ3n) is 4.82. The summed E-state index contributed by atoms with van der Waals surface area (Å²) in [6.07, 6.45) is 5.05. The molecule has 7 heteroatoms. The SMILES string of the molecule is COc1ccccc1-c1cc2c(N3CCCC(C(=O)O)C3)nccn2n1. The number of methoxy groups -OCH3 is 1. The summed E-state index contributed by atoms with van der Waals surface area (Å²) in [6, 6.07) is 9.72. The smallest absolute Gasteiger partial charge is 0.308 e. The number of hydrogen-bond donors (Lipinski definition) is 1. The van der Waals surface area contributed by atoms with Crippen molar-refractivity contribution in [1.29, 1.82) is 0 Å². The molecule has 3 heterocycles. The van der Waals surface area contributed by atoms with Gasteiger partial charge in [0.2, 0.25) is 0 Å². The van der Waals surface area contributed by atoms with E-state index in [-0.39, 0.29) is 5.92 Å². The van der Waals surface area contributed by atoms with Crippen molar-refractivity contribution in [2.45, 2.75) is 12.8 Å². The highest BCUT2D eigenvalue weighted by atomic mass is 16.5. The number of para-hydroxylation sites is 1. The van der Waals surface area contributed by atoms with Gasteiger partial charge in [-0.05, 0) is 31.0 Å². The molecule has 26 heavy (non-hydrogen) atoms. The first-order valence-electron chi connectivity index (χ1n) is 8.63. The zero-order valence-corrected chi connectivity index (χ0v) is 14.5. The van der Waals surface area contributed by atoms with Gasteiger partial charge in [0, 0.05) is 31.0 Å². The summed E-state index contributed by atoms with van der Waals surface area (Å²) in [4.78, 5) is 17.9. The standard InChI is InChI=1S/C19H20N4O3/c1-26-17-7-3-2-6-14(17)15-11-16-18(20-8-10-23(16)21-15)22-9-4-5-13(12-22)19(24)25/h2-3,6-8,10-11,13H,4-5,9,12H2,1H3,(H,24,25). The number of aliphatic carboxylic acids is 1. The molecule has 2 aromatic heterocycles. The fraction of sp³-hybridized carbons (Fsp3) is 0.316. The van der Waals surface area contributed by atoms with Crippen LogP contribution in [0.1, 0.15) is 12.8 Å². The van der Waals surface area contributed by atoms with Crippen molar-refractivity contribution < 1.29 is 14.6 Å². The van der Waals surface area contributed by atoms with E-state index in [1.165, 1.54) is 0 Å². The third kappa shape index (κ3) is 2.85. The summed E-state index contributed by atoms with van der Waals surface area (Å²) in [5.74, 6) is 0.425. The van der Waals surface area contributed by atoms with E-state index in [1.54, 1.807) is 24.0 Å². The first kappa shape index (κ1) is 16.4. The first-order chi connectivity index (χ1) is 12.7. The van der Waals surface area contributed by atoms with Crippen molar-refractivity contribution in [2.24, 2.45) is 5.92 Å². The van der Waals surface area contributed by atoms with Crippen LogP contribution in [0.2, 0.25) is 0 Å². The molecular formula is C19H20N4O3. The van der Waals surface area contributed by atoms with Crippen LogP contribution in [0.15, 0.2) is 42.7 Å². The second-order valence-corrected chi connectivity index (χ2v) is 6.43. The summed E-state index contributed by atoms with van der Waals surface area (Å²) in [5, 5.41) is 14.0. The minimum absolute atomic E-state index is 0.359. The molecule has 1 fully saturated rings. The van der Waals surface area contributed by atoms with Gasteiger partial charge in [0.1, 0.15) is 11.3 Å². The van der Waals surface area contributed by atoms with Crippen LogP contribution in [-0.4, -0.2) is 45.9 Å². The number of rotatable bonds is 4. The number of aromatic nitrogens is 3. The molecule has 1 aromatic carbocycles. The van der Waals surface area contributed by atoms with Crippen LogP contribution in [-0.2, 0) is 4.79 Å². The number of fused-ring (bicyclic) bond motifs is 1. The molecule has 7 nitrogen and oxygen atoms in total. The van der Waals surface area contributed by atoms with Crippen LogP contribution >= 0.6 is 0 Å². The highest BCUT2D eigenvalue weighted by Crippen LogP contribution is 2.32. The Kier molecular flexibility index (Phi) is 4.20. The number of hydrogen-bond acceptors (Lipinski definition) is 5. The summed E-state index contributed by atoms with van der Waals surface area (Å²) >= 11 is 0. The van der Waals surface area contributed by atoms with Crippen LogP contribution in [0, 0.1) is 5.92 Å². The predicted molar refractivity (Wildman–Crippen MR) is 97.5 cm³/mol. The molecule has 1 unspecified atom stereocenters. The maximum absolute atomic E-state index is 11.4. The third-order valence-corrected chi connectivity index (χ3v) is 4.82. The van der Waals surface area contributed by atoms with Gasteiger partial charge in [-0.2, -0.15) is 5.10 Å². The van der Waals surface area contributed by atoms with E-state index in [1.807, 2.05) is 35.2 Å². The minimum atomic E-state index is -0.745. The summed E-state index contributed by atoms with van der Waals surface area (Å²) in [5.41, 5.74) is 2.56. The Morgan fingerprint density at radius 1 is 1.35 bits per heavy atom. The van der Waals surface area contributed by atoms with Crippen molar-refractivity contribution in [3.63, 3.8) is 0 Å². The van der Waals surface area contributed by atoms with Gasteiger partial charge in [-0.3, -0.25) is 4.79 Å². The van der Waals surface area contributed by atoms with Crippen molar-refractivity contribution >= 4 is 17.3 Å². The molecule has 0 amide bonds. The largest absolute Gasteiger partial charge is 0.496 e. The van der Waals surface area contributed by atoms with Gasteiger partial charge in [0.15, 0.2) is 5.82 Å². The Balaban J connectivity index is 1.76. The number of anilines is 1. The Labute approximate surface area is 150 Å². The molecule has 1 N–H and O–H groups in total. The van der Waals surface area contributed by atoms with Crippen LogP contribution in [0.4, 0.5) is 5.82 Å². The number of carboxylic acid groups (broad SMARTS) is 1. The highest BCUT2D eigenvalue weighted by molar-refractivity contribution is 5.78. The molecular weight excluding hydrogens is 332 g/mol. The zero-order valence-electron chi connectivity index (χ0n) is 14.5. The fourth-order valence-electron chi connectivity index (χ4n) is 3.51. The van der Waals surface area contributed by atoms with E-state index < -0.39 is 5.97 Å². The Morgan fingerprint density at radius 2 is 2.19 bits per heavy atom. The summed E-state index contributed by atoms with van der Waals surface area (Å²) < 4.78 is 7.23. The number of benzene rings is 1. The van der Waals surface area contributed by atoms with Crippen molar-refractivity contribution in [3.8, 4) is 17.0 Å². The Morgan fingerprint density at radius 3 is 3.00 bits per heavy atom. The molecule has 1 aliphatic heterocycles. The lowest BCUT2D eigenvalue weighted by molar-refractivity contribution is -0.141. The second kappa shape index (κ2) is 6.67. The summed E-state index contributed by atoms with van der Waals surface area (Å²) in [6.45, 7) is 1.27. The lowest BCUT2D eigenvalue weighted by Crippen LogP contribution is -2.39. The van der Waals surface area contributed by atoms with Crippen LogP contribution in [0.5, 0.6) is 5.75 Å². The topological polar surface area (TPSA) is 80.0 Å². The van der Waals surface area contributed by atoms with Gasteiger partial charge in [-0.25, -0.2) is 9.50 Å². The molecule has 4 rings (SSSR count). The summed E-state index contributed by atoms with van der Waals surface area (Å²) in [7, 11) is 1.64. The van der Waals surface area contributed by atoms with E-state index in [9.17, 15) is 9.90 Å². The molecule has 0 aliphatic carbocycles. The van der Waals surface area contributed by atoms with E-state index in [4.69, 9.17) is 4.74 Å². The monoisotopic (exact) mass is 352 g/mol. The fourth-order valence-corrected chi connectivity index (χ4v) is 3.51. The van der Waals surface area contributed by atoms with Gasteiger partial charge in [-0.15, -0.1) is 0 Å². The minimum Gasteiger partial charge on any atom is -0.496 e. The van der Waals surface area contributed by atoms with E-state index in [0.29, 0.717) is 13.0 Å². The Bertz CT molecular complexity index is 953. The van der Waals surface area contributed by atoms with Crippen LogP contribution in [0.25, 0.3) is 16.8 Å². The second-order valence-electron chi connectivity index (χ2n) is 6.43. The van der Waals surface area contributed by atoms with Gasteiger partial charge < -0.3 is 14.7 Å². The van der Waals surface area contributed by atoms with Crippen molar-refractivity contribution in [2.75, 3.05) is 25.1 Å². The average Bonchev–Trinajstić information content (AvgIpc) is 3.12. The van der Waals surface area contributed by atoms with Crippen molar-refractivity contribution in [1.82, 2.24) is 14.6 Å². The quantitative estimate of drug-likeness (QED) is 0.778. The molecule has 1 aliphatic rings. The van der Waals surface area contributed by atoms with Crippen LogP contribution in [0.3, 0.4) is 0 Å². The molecule has 1 saturated heterocycles. The maximum Gasteiger partial charge on any atom is 0.308 e. The number of ether oxygens (including phenoxy) is 1. The van der Waals surface area contributed by atoms with Gasteiger partial charge in [-0.1, -0.05) is 12.1 Å². The number of carbonyl (C=O) groups is 1. The maximum atomic E-state index is 11.4. The van der Waals surface area contributed by atoms with E-state index in [2.05, 4.69) is 10.1 Å². The molecule has 0 bridgehead atoms. The van der Waals surface area contributed by atoms with Gasteiger partial charge >= 0.3 is 5.97 Å². The van der Waals surface area contributed by atoms with Crippen LogP contribution < -0.4 is 9.64 Å². The molecule has 3 aromatic rings. The van der Waals surface area contributed by atoms with Gasteiger partial charge in [0.05, 0.1) is 18.7 Å².